The lowest BCUT2D eigenvalue weighted by Gasteiger charge is -2.46. The van der Waals surface area contributed by atoms with Gasteiger partial charge in [-0.1, -0.05) is 87.4 Å². The van der Waals surface area contributed by atoms with Gasteiger partial charge in [0, 0.05) is 43.6 Å². The van der Waals surface area contributed by atoms with E-state index in [1.165, 1.54) is 19.5 Å². The summed E-state index contributed by atoms with van der Waals surface area (Å²) in [5.74, 6) is -0.919. The maximum Gasteiger partial charge on any atom is 0.718 e. The van der Waals surface area contributed by atoms with Gasteiger partial charge in [-0.15, -0.1) is 0 Å². The fourth-order valence-corrected chi connectivity index (χ4v) is 4.79. The minimum Gasteiger partial charge on any atom is -0.622 e. The Hall–Kier alpha value is -3.78. The van der Waals surface area contributed by atoms with Gasteiger partial charge in [0.05, 0.1) is 11.9 Å². The number of rotatable bonds is 11. The molecule has 206 valence electrons. The first-order valence-corrected chi connectivity index (χ1v) is 13.8. The average Bonchev–Trinajstić information content (AvgIpc) is 2.91. The molecule has 0 radical (unpaired) electrons. The van der Waals surface area contributed by atoms with Gasteiger partial charge in [-0.2, -0.15) is 0 Å². The third-order valence-electron chi connectivity index (χ3n) is 6.70. The normalized spacial score (nSPS) is 15.9. The Morgan fingerprint density at radius 2 is 1.54 bits per heavy atom. The molecule has 8 heteroatoms. The summed E-state index contributed by atoms with van der Waals surface area (Å²) in [6.45, 7) is 5.78. The van der Waals surface area contributed by atoms with Crippen LogP contribution >= 0.6 is 0 Å². The third kappa shape index (κ3) is 7.01. The molecule has 4 rings (SSSR count). The number of carbonyl (C=O) groups excluding carboxylic acids is 2. The molecule has 0 fully saturated rings. The van der Waals surface area contributed by atoms with Crippen molar-refractivity contribution < 1.29 is 28.2 Å². The zero-order valence-corrected chi connectivity index (χ0v) is 23.2. The molecule has 1 aliphatic heterocycles. The quantitative estimate of drug-likeness (QED) is 0.248. The molecular weight excluding hydrogens is 493 g/mol. The summed E-state index contributed by atoms with van der Waals surface area (Å²) in [5, 5.41) is 1.73. The molecule has 3 aromatic carbocycles. The third-order valence-corrected chi connectivity index (χ3v) is 6.70. The summed E-state index contributed by atoms with van der Waals surface area (Å²) in [6, 6.07) is 20.0. The van der Waals surface area contributed by atoms with E-state index < -0.39 is 25.0 Å². The predicted molar refractivity (Wildman–Crippen MR) is 155 cm³/mol. The summed E-state index contributed by atoms with van der Waals surface area (Å²) in [4.78, 5) is 26.4. The average molecular weight is 530 g/mol. The fourth-order valence-electron chi connectivity index (χ4n) is 4.79. The number of unbranched alkanes of at least 4 members (excludes halogenated alkanes) is 2. The molecule has 0 N–H and O–H groups in total. The van der Waals surface area contributed by atoms with Crippen LogP contribution in [0.4, 0.5) is 5.69 Å². The Morgan fingerprint density at radius 1 is 0.897 bits per heavy atom. The number of benzene rings is 3. The van der Waals surface area contributed by atoms with E-state index >= 15 is 0 Å². The molecular formula is C31H37BNO6-. The van der Waals surface area contributed by atoms with Crippen molar-refractivity contribution in [3.05, 3.63) is 77.9 Å². The number of hydrogen-bond donors (Lipinski definition) is 0. The van der Waals surface area contributed by atoms with Gasteiger partial charge in [-0.05, 0) is 35.9 Å². The van der Waals surface area contributed by atoms with Crippen LogP contribution in [0.15, 0.2) is 66.7 Å². The molecule has 7 nitrogen and oxygen atoms in total. The van der Waals surface area contributed by atoms with E-state index in [0.717, 1.165) is 60.7 Å². The van der Waals surface area contributed by atoms with Crippen LogP contribution in [0.3, 0.4) is 0 Å². The first kappa shape index (κ1) is 28.2. The highest BCUT2D eigenvalue weighted by Gasteiger charge is 2.47. The second-order valence-corrected chi connectivity index (χ2v) is 9.82. The van der Waals surface area contributed by atoms with Crippen molar-refractivity contribution in [1.82, 2.24) is 0 Å². The predicted octanol–water partition coefficient (Wildman–Crippen LogP) is 6.97. The molecule has 0 amide bonds. The standard InChI is InChI=1S/C31H37BNO6/c1-5-7-21-33(22-8-6-2)27-17-13-25(14-18-27)15-20-30-29-19-16-26-11-9-10-12-28(26)31(29)39-32(38-30,36-23(3)34)37-24(4)35/h9-20,30H,5-8,21-22H2,1-4H3/q-1/b20-15+. The molecule has 0 bridgehead atoms. The zero-order chi connectivity index (χ0) is 27.8. The van der Waals surface area contributed by atoms with Crippen molar-refractivity contribution in [3.8, 4) is 5.75 Å². The van der Waals surface area contributed by atoms with E-state index in [1.54, 1.807) is 0 Å². The highest BCUT2D eigenvalue weighted by molar-refractivity contribution is 6.58. The number of carbonyl (C=O) groups is 2. The molecule has 39 heavy (non-hydrogen) atoms. The summed E-state index contributed by atoms with van der Waals surface area (Å²) >= 11 is 0. The summed E-state index contributed by atoms with van der Waals surface area (Å²) < 4.78 is 22.9. The van der Waals surface area contributed by atoms with E-state index in [0.29, 0.717) is 5.75 Å². The van der Waals surface area contributed by atoms with Crippen LogP contribution in [-0.4, -0.2) is 32.0 Å². The topological polar surface area (TPSA) is 74.3 Å². The van der Waals surface area contributed by atoms with Crippen molar-refractivity contribution in [2.24, 2.45) is 0 Å². The van der Waals surface area contributed by atoms with Crippen LogP contribution in [-0.2, 0) is 23.6 Å². The Morgan fingerprint density at radius 3 is 2.15 bits per heavy atom. The summed E-state index contributed by atoms with van der Waals surface area (Å²) in [7, 11) is 0. The van der Waals surface area contributed by atoms with Crippen molar-refractivity contribution in [3.63, 3.8) is 0 Å². The summed E-state index contributed by atoms with van der Waals surface area (Å²) in [6.07, 6.45) is 7.76. The molecule has 0 aliphatic carbocycles. The van der Waals surface area contributed by atoms with E-state index in [-0.39, 0.29) is 0 Å². The molecule has 0 saturated heterocycles. The van der Waals surface area contributed by atoms with Gasteiger partial charge in [0.1, 0.15) is 0 Å². The number of nitrogens with zero attached hydrogens (tertiary/aromatic N) is 1. The molecule has 0 saturated carbocycles. The Kier molecular flexibility index (Phi) is 9.30. The number of anilines is 1. The second kappa shape index (κ2) is 12.8. The van der Waals surface area contributed by atoms with E-state index in [1.807, 2.05) is 48.6 Å². The number of hydrogen-bond acceptors (Lipinski definition) is 7. The van der Waals surface area contributed by atoms with E-state index in [9.17, 15) is 9.59 Å². The van der Waals surface area contributed by atoms with Crippen LogP contribution in [0.1, 0.15) is 70.6 Å². The summed E-state index contributed by atoms with van der Waals surface area (Å²) in [5.41, 5.74) is 2.93. The fraction of sp³-hybridized carbons (Fsp3) is 0.355. The van der Waals surface area contributed by atoms with Crippen LogP contribution in [0, 0.1) is 0 Å². The van der Waals surface area contributed by atoms with Crippen LogP contribution < -0.4 is 9.55 Å². The Labute approximate surface area is 230 Å². The van der Waals surface area contributed by atoms with Crippen molar-refractivity contribution in [2.45, 2.75) is 59.5 Å². The van der Waals surface area contributed by atoms with E-state index in [4.69, 9.17) is 18.6 Å². The van der Waals surface area contributed by atoms with Gasteiger partial charge >= 0.3 is 6.96 Å². The van der Waals surface area contributed by atoms with Crippen molar-refractivity contribution in [2.75, 3.05) is 18.0 Å². The maximum absolute atomic E-state index is 12.0. The molecule has 1 aliphatic rings. The number of fused-ring (bicyclic) bond motifs is 3. The first-order valence-electron chi connectivity index (χ1n) is 13.8. The minimum absolute atomic E-state index is 0.453. The van der Waals surface area contributed by atoms with Gasteiger partial charge in [0.15, 0.2) is 0 Å². The largest absolute Gasteiger partial charge is 0.718 e. The molecule has 3 aromatic rings. The molecule has 1 unspecified atom stereocenters. The van der Waals surface area contributed by atoms with Crippen molar-refractivity contribution in [1.29, 1.82) is 0 Å². The van der Waals surface area contributed by atoms with Crippen LogP contribution in [0.5, 0.6) is 5.75 Å². The van der Waals surface area contributed by atoms with Gasteiger partial charge < -0.3 is 23.5 Å². The van der Waals surface area contributed by atoms with E-state index in [2.05, 4.69) is 43.0 Å². The molecule has 0 spiro atoms. The highest BCUT2D eigenvalue weighted by atomic mass is 16.9. The SMILES string of the molecule is CCCCN(CCCC)c1ccc(/C=C/C2O[B-](OC(C)=O)(OC(C)=O)Oc3c2ccc2ccccc32)cc1. The Bertz CT molecular complexity index is 1300. The van der Waals surface area contributed by atoms with Crippen molar-refractivity contribution >= 4 is 41.4 Å². The van der Waals surface area contributed by atoms with Gasteiger partial charge in [-0.25, -0.2) is 0 Å². The lowest BCUT2D eigenvalue weighted by molar-refractivity contribution is -0.149. The first-order chi connectivity index (χ1) is 18.8. The van der Waals surface area contributed by atoms with Crippen LogP contribution in [0.25, 0.3) is 16.8 Å². The van der Waals surface area contributed by atoms with Gasteiger partial charge in [0.2, 0.25) is 0 Å². The lowest BCUT2D eigenvalue weighted by Crippen LogP contribution is -2.56. The highest BCUT2D eigenvalue weighted by Crippen LogP contribution is 2.43. The minimum atomic E-state index is -3.17. The Balaban J connectivity index is 1.67. The zero-order valence-electron chi connectivity index (χ0n) is 23.2. The lowest BCUT2D eigenvalue weighted by atomic mass is 9.92. The molecule has 1 heterocycles. The monoisotopic (exact) mass is 530 g/mol. The smallest absolute Gasteiger partial charge is 0.622 e. The molecule has 0 aromatic heterocycles. The molecule has 1 atom stereocenters. The van der Waals surface area contributed by atoms with Gasteiger partial charge in [-0.3, -0.25) is 9.59 Å². The van der Waals surface area contributed by atoms with Gasteiger partial charge in [0.25, 0.3) is 11.9 Å². The van der Waals surface area contributed by atoms with Crippen LogP contribution in [0.2, 0.25) is 0 Å². The second-order valence-electron chi connectivity index (χ2n) is 9.82. The maximum atomic E-state index is 12.0.